The second-order valence-electron chi connectivity index (χ2n) is 5.46. The Balaban J connectivity index is 1.63. The molecule has 1 aromatic heterocycles. The zero-order valence-electron chi connectivity index (χ0n) is 10.2. The average molecular weight is 219 g/mol. The second-order valence-corrected chi connectivity index (χ2v) is 5.46. The molecule has 0 aliphatic heterocycles. The number of nitrogens with zero attached hydrogens (tertiary/aromatic N) is 2. The van der Waals surface area contributed by atoms with Gasteiger partial charge in [-0.25, -0.2) is 0 Å². The van der Waals surface area contributed by atoms with Gasteiger partial charge in [-0.3, -0.25) is 4.68 Å². The summed E-state index contributed by atoms with van der Waals surface area (Å²) in [6.45, 7) is 5.44. The first-order valence-corrected chi connectivity index (χ1v) is 6.50. The maximum atomic E-state index is 4.61. The van der Waals surface area contributed by atoms with Crippen LogP contribution >= 0.6 is 0 Å². The summed E-state index contributed by atoms with van der Waals surface area (Å²) in [5.41, 5.74) is 2.47. The third-order valence-corrected chi connectivity index (χ3v) is 3.98. The van der Waals surface area contributed by atoms with Gasteiger partial charge < -0.3 is 5.32 Å². The number of aryl methyl sites for hydroxylation is 2. The lowest BCUT2D eigenvalue weighted by molar-refractivity contribution is 0.160. The van der Waals surface area contributed by atoms with Gasteiger partial charge in [0.1, 0.15) is 0 Å². The van der Waals surface area contributed by atoms with Gasteiger partial charge in [0.25, 0.3) is 0 Å². The monoisotopic (exact) mass is 219 g/mol. The highest BCUT2D eigenvalue weighted by molar-refractivity contribution is 5.09. The van der Waals surface area contributed by atoms with E-state index in [9.17, 15) is 0 Å². The van der Waals surface area contributed by atoms with E-state index in [-0.39, 0.29) is 0 Å². The van der Waals surface area contributed by atoms with Crippen LogP contribution in [0.5, 0.6) is 0 Å². The molecular weight excluding hydrogens is 198 g/mol. The van der Waals surface area contributed by atoms with Crippen molar-refractivity contribution < 1.29 is 0 Å². The van der Waals surface area contributed by atoms with Gasteiger partial charge in [0.2, 0.25) is 0 Å². The van der Waals surface area contributed by atoms with E-state index in [2.05, 4.69) is 35.0 Å². The normalized spacial score (nSPS) is 29.1. The summed E-state index contributed by atoms with van der Waals surface area (Å²) < 4.78 is 2.25. The molecule has 1 N–H and O–H groups in total. The molecule has 1 heterocycles. The molecule has 1 aromatic rings. The molecule has 0 amide bonds. The zero-order valence-corrected chi connectivity index (χ0v) is 10.2. The standard InChI is InChI=1S/C13H21N3/c1-9-7-10(2)16(15-9)13-6-3-11(13)8-14-12-4-5-12/h7,11-14H,3-6,8H2,1-2H3. The lowest BCUT2D eigenvalue weighted by Gasteiger charge is -2.37. The Labute approximate surface area is 97.2 Å². The van der Waals surface area contributed by atoms with Crippen LogP contribution in [0.4, 0.5) is 0 Å². The molecule has 0 saturated heterocycles. The fourth-order valence-electron chi connectivity index (χ4n) is 2.70. The highest BCUT2D eigenvalue weighted by Gasteiger charge is 2.34. The smallest absolute Gasteiger partial charge is 0.0596 e. The summed E-state index contributed by atoms with van der Waals surface area (Å²) in [5.74, 6) is 0.804. The summed E-state index contributed by atoms with van der Waals surface area (Å²) in [5, 5.41) is 8.26. The minimum atomic E-state index is 0.653. The van der Waals surface area contributed by atoms with Gasteiger partial charge in [-0.1, -0.05) is 0 Å². The van der Waals surface area contributed by atoms with E-state index < -0.39 is 0 Å². The summed E-state index contributed by atoms with van der Waals surface area (Å²) >= 11 is 0. The van der Waals surface area contributed by atoms with Crippen molar-refractivity contribution in [2.75, 3.05) is 6.54 Å². The van der Waals surface area contributed by atoms with Gasteiger partial charge in [0, 0.05) is 18.3 Å². The fraction of sp³-hybridized carbons (Fsp3) is 0.769. The van der Waals surface area contributed by atoms with Crippen LogP contribution in [-0.2, 0) is 0 Å². The van der Waals surface area contributed by atoms with E-state index in [1.807, 2.05) is 0 Å². The van der Waals surface area contributed by atoms with Crippen LogP contribution in [0.15, 0.2) is 6.07 Å². The maximum Gasteiger partial charge on any atom is 0.0596 e. The molecule has 0 bridgehead atoms. The first kappa shape index (κ1) is 10.3. The minimum absolute atomic E-state index is 0.653. The van der Waals surface area contributed by atoms with Crippen molar-refractivity contribution in [3.63, 3.8) is 0 Å². The Morgan fingerprint density at radius 3 is 2.62 bits per heavy atom. The van der Waals surface area contributed by atoms with Gasteiger partial charge in [0.15, 0.2) is 0 Å². The first-order valence-electron chi connectivity index (χ1n) is 6.50. The van der Waals surface area contributed by atoms with Crippen LogP contribution in [0, 0.1) is 19.8 Å². The van der Waals surface area contributed by atoms with Gasteiger partial charge >= 0.3 is 0 Å². The van der Waals surface area contributed by atoms with Crippen LogP contribution in [0.1, 0.15) is 43.1 Å². The number of aromatic nitrogens is 2. The maximum absolute atomic E-state index is 4.61. The first-order chi connectivity index (χ1) is 7.74. The molecule has 2 unspecified atom stereocenters. The second kappa shape index (κ2) is 3.88. The topological polar surface area (TPSA) is 29.9 Å². The fourth-order valence-corrected chi connectivity index (χ4v) is 2.70. The highest BCUT2D eigenvalue weighted by Crippen LogP contribution is 2.39. The molecule has 3 nitrogen and oxygen atoms in total. The Bertz CT molecular complexity index is 379. The highest BCUT2D eigenvalue weighted by atomic mass is 15.3. The zero-order chi connectivity index (χ0) is 11.1. The number of rotatable bonds is 4. The molecule has 3 rings (SSSR count). The van der Waals surface area contributed by atoms with Gasteiger partial charge in [-0.15, -0.1) is 0 Å². The van der Waals surface area contributed by atoms with Crippen molar-refractivity contribution in [3.05, 3.63) is 17.5 Å². The third kappa shape index (κ3) is 1.88. The van der Waals surface area contributed by atoms with Crippen LogP contribution in [0.2, 0.25) is 0 Å². The number of nitrogens with one attached hydrogen (secondary N) is 1. The van der Waals surface area contributed by atoms with Crippen molar-refractivity contribution in [1.82, 2.24) is 15.1 Å². The van der Waals surface area contributed by atoms with E-state index in [1.165, 1.54) is 37.9 Å². The molecule has 2 fully saturated rings. The van der Waals surface area contributed by atoms with Gasteiger partial charge in [0.05, 0.1) is 11.7 Å². The molecule has 2 aliphatic rings. The predicted octanol–water partition coefficient (Wildman–Crippen LogP) is 2.20. The lowest BCUT2D eigenvalue weighted by atomic mass is 9.79. The van der Waals surface area contributed by atoms with E-state index in [1.54, 1.807) is 0 Å². The van der Waals surface area contributed by atoms with Crippen molar-refractivity contribution in [2.45, 2.75) is 51.6 Å². The Kier molecular flexibility index (Phi) is 2.51. The van der Waals surface area contributed by atoms with Crippen molar-refractivity contribution in [3.8, 4) is 0 Å². The lowest BCUT2D eigenvalue weighted by Crippen LogP contribution is -2.38. The van der Waals surface area contributed by atoms with E-state index in [0.29, 0.717) is 6.04 Å². The summed E-state index contributed by atoms with van der Waals surface area (Å²) in [6.07, 6.45) is 5.44. The Hall–Kier alpha value is -0.830. The van der Waals surface area contributed by atoms with Crippen LogP contribution in [0.3, 0.4) is 0 Å². The molecule has 0 spiro atoms. The van der Waals surface area contributed by atoms with Gasteiger partial charge in [-0.05, 0) is 51.5 Å². The molecule has 0 radical (unpaired) electrons. The van der Waals surface area contributed by atoms with Crippen molar-refractivity contribution in [2.24, 2.45) is 5.92 Å². The third-order valence-electron chi connectivity index (χ3n) is 3.98. The average Bonchev–Trinajstić information content (AvgIpc) is 2.93. The minimum Gasteiger partial charge on any atom is -0.314 e. The number of hydrogen-bond acceptors (Lipinski definition) is 2. The van der Waals surface area contributed by atoms with E-state index in [0.717, 1.165) is 17.7 Å². The molecular formula is C13H21N3. The quantitative estimate of drug-likeness (QED) is 0.841. The molecule has 3 heteroatoms. The Morgan fingerprint density at radius 2 is 2.12 bits per heavy atom. The van der Waals surface area contributed by atoms with Crippen molar-refractivity contribution in [1.29, 1.82) is 0 Å². The molecule has 2 aliphatic carbocycles. The van der Waals surface area contributed by atoms with E-state index >= 15 is 0 Å². The number of hydrogen-bond donors (Lipinski definition) is 1. The summed E-state index contributed by atoms with van der Waals surface area (Å²) in [4.78, 5) is 0. The molecule has 16 heavy (non-hydrogen) atoms. The SMILES string of the molecule is Cc1cc(C)n(C2CCC2CNC2CC2)n1. The van der Waals surface area contributed by atoms with Crippen LogP contribution in [0.25, 0.3) is 0 Å². The van der Waals surface area contributed by atoms with Crippen molar-refractivity contribution >= 4 is 0 Å². The summed E-state index contributed by atoms with van der Waals surface area (Å²) in [6, 6.07) is 3.67. The van der Waals surface area contributed by atoms with Crippen LogP contribution in [-0.4, -0.2) is 22.4 Å². The van der Waals surface area contributed by atoms with E-state index in [4.69, 9.17) is 0 Å². The molecule has 0 aromatic carbocycles. The molecule has 2 atom stereocenters. The Morgan fingerprint density at radius 1 is 1.31 bits per heavy atom. The molecule has 2 saturated carbocycles. The van der Waals surface area contributed by atoms with Crippen LogP contribution < -0.4 is 5.32 Å². The van der Waals surface area contributed by atoms with Gasteiger partial charge in [-0.2, -0.15) is 5.10 Å². The largest absolute Gasteiger partial charge is 0.314 e. The predicted molar refractivity (Wildman–Crippen MR) is 64.5 cm³/mol. The summed E-state index contributed by atoms with van der Waals surface area (Å²) in [7, 11) is 0. The molecule has 88 valence electrons.